The van der Waals surface area contributed by atoms with E-state index < -0.39 is 6.10 Å². The molecule has 1 aliphatic rings. The molecule has 0 bridgehead atoms. The lowest BCUT2D eigenvalue weighted by molar-refractivity contribution is -0.120. The quantitative estimate of drug-likeness (QED) is 0.714. The Balaban J connectivity index is 1.80. The summed E-state index contributed by atoms with van der Waals surface area (Å²) in [7, 11) is 1.70. The third-order valence-corrected chi connectivity index (χ3v) is 6.36. The Hall–Kier alpha value is -2.21. The van der Waals surface area contributed by atoms with Gasteiger partial charge >= 0.3 is 0 Å². The lowest BCUT2D eigenvalue weighted by Crippen LogP contribution is -2.61. The van der Waals surface area contributed by atoms with Crippen molar-refractivity contribution >= 4 is 11.6 Å². The maximum Gasteiger partial charge on any atom is 0.227 e. The lowest BCUT2D eigenvalue weighted by Gasteiger charge is -2.50. The van der Waals surface area contributed by atoms with Crippen LogP contribution < -0.4 is 4.90 Å². The van der Waals surface area contributed by atoms with Gasteiger partial charge in [-0.25, -0.2) is 0 Å². The second kappa shape index (κ2) is 10.2. The summed E-state index contributed by atoms with van der Waals surface area (Å²) in [6, 6.07) is 19.7. The Kier molecular flexibility index (Phi) is 7.64. The van der Waals surface area contributed by atoms with Gasteiger partial charge < -0.3 is 14.7 Å². The number of hydrogen-bond donors (Lipinski definition) is 1. The molecular weight excluding hydrogens is 376 g/mol. The second-order valence-electron chi connectivity index (χ2n) is 8.21. The third kappa shape index (κ3) is 4.75. The average molecular weight is 411 g/mol. The van der Waals surface area contributed by atoms with E-state index in [0.29, 0.717) is 13.0 Å². The number of aliphatic hydroxyl groups excluding tert-OH is 1. The number of anilines is 1. The van der Waals surface area contributed by atoms with Gasteiger partial charge in [0.25, 0.3) is 0 Å². The smallest absolute Gasteiger partial charge is 0.227 e. The normalized spacial score (nSPS) is 18.5. The molecule has 5 nitrogen and oxygen atoms in total. The molecule has 1 heterocycles. The summed E-state index contributed by atoms with van der Waals surface area (Å²) in [6.07, 6.45) is 1.51. The van der Waals surface area contributed by atoms with Gasteiger partial charge in [-0.05, 0) is 37.5 Å². The summed E-state index contributed by atoms with van der Waals surface area (Å²) in [6.45, 7) is 6.08. The molecule has 0 aliphatic carbocycles. The molecular formula is C25H34N2O3. The summed E-state index contributed by atoms with van der Waals surface area (Å²) >= 11 is 0. The van der Waals surface area contributed by atoms with E-state index in [1.54, 1.807) is 7.11 Å². The second-order valence-corrected chi connectivity index (χ2v) is 8.21. The monoisotopic (exact) mass is 410 g/mol. The van der Waals surface area contributed by atoms with E-state index in [2.05, 4.69) is 11.8 Å². The van der Waals surface area contributed by atoms with Gasteiger partial charge in [-0.1, -0.05) is 55.5 Å². The van der Waals surface area contributed by atoms with Crippen molar-refractivity contribution < 1.29 is 14.6 Å². The van der Waals surface area contributed by atoms with Crippen LogP contribution in [0, 0.1) is 0 Å². The highest BCUT2D eigenvalue weighted by atomic mass is 16.5. The predicted molar refractivity (Wildman–Crippen MR) is 120 cm³/mol. The number of rotatable bonds is 8. The fraction of sp³-hybridized carbons (Fsp3) is 0.480. The molecule has 0 saturated carbocycles. The molecule has 1 N–H and O–H groups in total. The number of nitrogens with zero attached hydrogens (tertiary/aromatic N) is 2. The molecule has 2 unspecified atom stereocenters. The van der Waals surface area contributed by atoms with Gasteiger partial charge in [0.05, 0.1) is 18.2 Å². The van der Waals surface area contributed by atoms with Crippen LogP contribution in [0.15, 0.2) is 60.7 Å². The first-order valence-electron chi connectivity index (χ1n) is 10.9. The largest absolute Gasteiger partial charge is 0.387 e. The molecule has 2 aromatic rings. The summed E-state index contributed by atoms with van der Waals surface area (Å²) in [5.74, 6) is 0.115. The number of hydrogen-bond acceptors (Lipinski definition) is 4. The topological polar surface area (TPSA) is 53.0 Å². The van der Waals surface area contributed by atoms with Crippen LogP contribution in [-0.2, 0) is 9.53 Å². The van der Waals surface area contributed by atoms with Crippen molar-refractivity contribution in [2.75, 3.05) is 31.7 Å². The molecule has 1 aliphatic heterocycles. The number of amides is 1. The van der Waals surface area contributed by atoms with Crippen LogP contribution in [0.25, 0.3) is 0 Å². The maximum atomic E-state index is 13.0. The summed E-state index contributed by atoms with van der Waals surface area (Å²) in [4.78, 5) is 17.3. The van der Waals surface area contributed by atoms with Gasteiger partial charge in [0.2, 0.25) is 5.91 Å². The number of carbonyl (C=O) groups excluding carboxylic acids is 1. The molecule has 2 aromatic carbocycles. The molecule has 1 saturated heterocycles. The van der Waals surface area contributed by atoms with E-state index in [-0.39, 0.29) is 17.5 Å². The van der Waals surface area contributed by atoms with E-state index in [0.717, 1.165) is 37.2 Å². The predicted octanol–water partition coefficient (Wildman–Crippen LogP) is 4.03. The Morgan fingerprint density at radius 3 is 2.20 bits per heavy atom. The van der Waals surface area contributed by atoms with Crippen molar-refractivity contribution in [1.82, 2.24) is 4.90 Å². The minimum Gasteiger partial charge on any atom is -0.387 e. The van der Waals surface area contributed by atoms with Crippen molar-refractivity contribution in [2.45, 2.75) is 50.8 Å². The fourth-order valence-corrected chi connectivity index (χ4v) is 4.59. The molecule has 1 fully saturated rings. The van der Waals surface area contributed by atoms with Crippen LogP contribution in [0.1, 0.15) is 44.8 Å². The molecule has 3 rings (SSSR count). The molecule has 1 amide bonds. The molecule has 0 radical (unpaired) electrons. The number of methoxy groups -OCH3 is 1. The molecule has 162 valence electrons. The average Bonchev–Trinajstić information content (AvgIpc) is 2.80. The van der Waals surface area contributed by atoms with Gasteiger partial charge in [0.1, 0.15) is 0 Å². The van der Waals surface area contributed by atoms with Crippen molar-refractivity contribution in [1.29, 1.82) is 0 Å². The Morgan fingerprint density at radius 1 is 1.10 bits per heavy atom. The Morgan fingerprint density at radius 2 is 1.67 bits per heavy atom. The van der Waals surface area contributed by atoms with E-state index in [1.165, 1.54) is 0 Å². The molecule has 2 atom stereocenters. The van der Waals surface area contributed by atoms with Crippen molar-refractivity contribution in [2.24, 2.45) is 0 Å². The lowest BCUT2D eigenvalue weighted by atomic mass is 9.84. The summed E-state index contributed by atoms with van der Waals surface area (Å²) < 4.78 is 5.63. The van der Waals surface area contributed by atoms with E-state index in [1.807, 2.05) is 72.5 Å². The number of ether oxygens (including phenoxy) is 1. The highest BCUT2D eigenvalue weighted by Crippen LogP contribution is 2.36. The van der Waals surface area contributed by atoms with Gasteiger partial charge in [0.15, 0.2) is 0 Å². The van der Waals surface area contributed by atoms with Gasteiger partial charge in [-0.2, -0.15) is 0 Å². The first-order chi connectivity index (χ1) is 14.5. The van der Waals surface area contributed by atoms with Crippen LogP contribution in [0.4, 0.5) is 5.69 Å². The highest BCUT2D eigenvalue weighted by Gasteiger charge is 2.44. The molecule has 30 heavy (non-hydrogen) atoms. The van der Waals surface area contributed by atoms with Gasteiger partial charge in [-0.15, -0.1) is 0 Å². The fourth-order valence-electron chi connectivity index (χ4n) is 4.59. The van der Waals surface area contributed by atoms with Gasteiger partial charge in [-0.3, -0.25) is 9.69 Å². The number of likely N-dealkylation sites (tertiary alicyclic amines) is 1. The number of benzene rings is 2. The molecule has 0 aromatic heterocycles. The standard InChI is InChI=1S/C25H34N2O3/c1-4-23(28)27(22-13-9-6-10-14-22)25(19-30-3)15-17-26(18-16-25)20(2)24(29)21-11-7-5-8-12-21/h5-14,20,24,29H,4,15-19H2,1-3H3. The minimum atomic E-state index is -0.538. The Labute approximate surface area is 180 Å². The number of para-hydroxylation sites is 1. The van der Waals surface area contributed by atoms with Crippen LogP contribution in [0.2, 0.25) is 0 Å². The van der Waals surface area contributed by atoms with E-state index >= 15 is 0 Å². The zero-order chi connectivity index (χ0) is 21.6. The number of carbonyl (C=O) groups is 1. The summed E-state index contributed by atoms with van der Waals surface area (Å²) in [5, 5.41) is 10.9. The summed E-state index contributed by atoms with van der Waals surface area (Å²) in [5.41, 5.74) is 1.48. The molecule has 0 spiro atoms. The zero-order valence-electron chi connectivity index (χ0n) is 18.3. The SMILES string of the molecule is CCC(=O)N(c1ccccc1)C1(COC)CCN(C(C)C(O)c2ccccc2)CC1. The zero-order valence-corrected chi connectivity index (χ0v) is 18.3. The van der Waals surface area contributed by atoms with E-state index in [9.17, 15) is 9.90 Å². The Bertz CT molecular complexity index is 789. The molecule has 5 heteroatoms. The minimum absolute atomic E-state index is 0.00000291. The number of aliphatic hydroxyl groups is 1. The third-order valence-electron chi connectivity index (χ3n) is 6.36. The van der Waals surface area contributed by atoms with Crippen molar-refractivity contribution in [3.05, 3.63) is 66.2 Å². The maximum absolute atomic E-state index is 13.0. The first-order valence-corrected chi connectivity index (χ1v) is 10.9. The van der Waals surface area contributed by atoms with Crippen LogP contribution in [0.3, 0.4) is 0 Å². The van der Waals surface area contributed by atoms with Crippen molar-refractivity contribution in [3.63, 3.8) is 0 Å². The first kappa shape index (κ1) is 22.5. The number of piperidine rings is 1. The van der Waals surface area contributed by atoms with Crippen molar-refractivity contribution in [3.8, 4) is 0 Å². The van der Waals surface area contributed by atoms with Crippen LogP contribution >= 0.6 is 0 Å². The van der Waals surface area contributed by atoms with Gasteiger partial charge in [0, 0.05) is 38.3 Å². The van der Waals surface area contributed by atoms with Crippen LogP contribution in [0.5, 0.6) is 0 Å². The van der Waals surface area contributed by atoms with E-state index in [4.69, 9.17) is 4.74 Å². The van der Waals surface area contributed by atoms with Crippen LogP contribution in [-0.4, -0.2) is 54.3 Å². The highest BCUT2D eigenvalue weighted by molar-refractivity contribution is 5.94.